The summed E-state index contributed by atoms with van der Waals surface area (Å²) in [5.41, 5.74) is 1.12. The molecule has 1 nitrogen and oxygen atoms in total. The van der Waals surface area contributed by atoms with Crippen LogP contribution in [0.4, 0.5) is 0 Å². The van der Waals surface area contributed by atoms with Gasteiger partial charge in [0.2, 0.25) is 0 Å². The number of hydrogen-bond donors (Lipinski definition) is 0. The van der Waals surface area contributed by atoms with Gasteiger partial charge in [0.15, 0.2) is 0 Å². The number of nitrogens with zero attached hydrogens (tertiary/aromatic N) is 1. The van der Waals surface area contributed by atoms with Crippen LogP contribution in [0.2, 0.25) is 0 Å². The summed E-state index contributed by atoms with van der Waals surface area (Å²) in [6, 6.07) is 11.0. The molecule has 1 aromatic heterocycles. The van der Waals surface area contributed by atoms with Crippen molar-refractivity contribution >= 4 is 31.9 Å². The molecule has 0 amide bonds. The molecule has 0 aliphatic carbocycles. The van der Waals surface area contributed by atoms with E-state index in [0.717, 1.165) is 14.6 Å². The van der Waals surface area contributed by atoms with Crippen LogP contribution in [0.25, 0.3) is 5.69 Å². The van der Waals surface area contributed by atoms with Gasteiger partial charge in [-0.3, -0.25) is 0 Å². The monoisotopic (exact) mass is 298 g/mol. The molecule has 0 N–H and O–H groups in total. The van der Waals surface area contributed by atoms with Gasteiger partial charge in [-0.05, 0) is 56.1 Å². The Bertz CT molecular complexity index is 407. The minimum Gasteiger partial charge on any atom is -0.323 e. The van der Waals surface area contributed by atoms with Crippen LogP contribution in [-0.2, 0) is 0 Å². The van der Waals surface area contributed by atoms with Crippen LogP contribution in [-0.4, -0.2) is 4.57 Å². The number of benzene rings is 1. The second-order valence-electron chi connectivity index (χ2n) is 2.62. The average Bonchev–Trinajstić information content (AvgIpc) is 2.62. The van der Waals surface area contributed by atoms with Gasteiger partial charge in [-0.25, -0.2) is 0 Å². The van der Waals surface area contributed by atoms with Crippen molar-refractivity contribution in [2.45, 2.75) is 0 Å². The zero-order valence-corrected chi connectivity index (χ0v) is 9.84. The molecule has 0 bridgehead atoms. The SMILES string of the molecule is Brc1ccc(-n2c[c]cc2)cc1Br. The van der Waals surface area contributed by atoms with Crippen molar-refractivity contribution in [3.05, 3.63) is 51.7 Å². The number of aromatic nitrogens is 1. The van der Waals surface area contributed by atoms with Gasteiger partial charge in [0.05, 0.1) is 0 Å². The molecule has 3 heteroatoms. The zero-order valence-electron chi connectivity index (χ0n) is 6.67. The molecular weight excluding hydrogens is 294 g/mol. The van der Waals surface area contributed by atoms with Gasteiger partial charge >= 0.3 is 0 Å². The Hall–Kier alpha value is -0.540. The van der Waals surface area contributed by atoms with Gasteiger partial charge in [-0.1, -0.05) is 0 Å². The standard InChI is InChI=1S/C10H6Br2N/c11-9-4-3-8(7-10(9)12)13-5-1-2-6-13/h1,3-7H. The molecule has 2 aromatic rings. The van der Waals surface area contributed by atoms with E-state index in [2.05, 4.69) is 44.0 Å². The Labute approximate surface area is 93.6 Å². The topological polar surface area (TPSA) is 4.93 Å². The van der Waals surface area contributed by atoms with E-state index >= 15 is 0 Å². The average molecular weight is 300 g/mol. The highest BCUT2D eigenvalue weighted by molar-refractivity contribution is 9.13. The van der Waals surface area contributed by atoms with Crippen LogP contribution in [0.5, 0.6) is 0 Å². The van der Waals surface area contributed by atoms with Gasteiger partial charge < -0.3 is 4.57 Å². The smallest absolute Gasteiger partial charge is 0.0461 e. The van der Waals surface area contributed by atoms with Crippen LogP contribution in [0, 0.1) is 6.07 Å². The van der Waals surface area contributed by atoms with Crippen molar-refractivity contribution in [3.8, 4) is 5.69 Å². The zero-order chi connectivity index (χ0) is 9.26. The molecule has 1 heterocycles. The van der Waals surface area contributed by atoms with E-state index in [1.807, 2.05) is 35.2 Å². The third-order valence-electron chi connectivity index (χ3n) is 1.75. The quantitative estimate of drug-likeness (QED) is 0.755. The molecule has 0 saturated heterocycles. The molecule has 0 aliphatic rings. The fourth-order valence-electron chi connectivity index (χ4n) is 1.10. The van der Waals surface area contributed by atoms with Crippen molar-refractivity contribution < 1.29 is 0 Å². The molecule has 0 unspecified atom stereocenters. The highest BCUT2D eigenvalue weighted by Gasteiger charge is 1.98. The van der Waals surface area contributed by atoms with Crippen molar-refractivity contribution in [2.75, 3.05) is 0 Å². The van der Waals surface area contributed by atoms with E-state index in [1.165, 1.54) is 0 Å². The van der Waals surface area contributed by atoms with Crippen LogP contribution in [0.15, 0.2) is 45.6 Å². The molecule has 0 spiro atoms. The molecule has 0 aliphatic heterocycles. The molecule has 65 valence electrons. The Morgan fingerprint density at radius 1 is 1.15 bits per heavy atom. The summed E-state index contributed by atoms with van der Waals surface area (Å²) >= 11 is 6.89. The Balaban J connectivity index is 2.49. The predicted molar refractivity (Wildman–Crippen MR) is 60.0 cm³/mol. The summed E-state index contributed by atoms with van der Waals surface area (Å²) in [5, 5.41) is 0. The molecule has 0 fully saturated rings. The van der Waals surface area contributed by atoms with Crippen LogP contribution in [0.1, 0.15) is 0 Å². The first kappa shape index (κ1) is 9.03. The summed E-state index contributed by atoms with van der Waals surface area (Å²) in [4.78, 5) is 0. The maximum atomic E-state index is 3.46. The predicted octanol–water partition coefficient (Wildman–Crippen LogP) is 3.80. The second-order valence-corrected chi connectivity index (χ2v) is 4.33. The molecule has 2 rings (SSSR count). The summed E-state index contributed by atoms with van der Waals surface area (Å²) in [6.45, 7) is 0. The normalized spacial score (nSPS) is 10.3. The number of halogens is 2. The highest BCUT2D eigenvalue weighted by Crippen LogP contribution is 2.25. The second kappa shape index (κ2) is 3.68. The van der Waals surface area contributed by atoms with Gasteiger partial charge in [-0.15, -0.1) is 0 Å². The maximum Gasteiger partial charge on any atom is 0.0461 e. The first-order chi connectivity index (χ1) is 6.27. The minimum absolute atomic E-state index is 1.05. The Kier molecular flexibility index (Phi) is 2.56. The molecule has 1 aromatic carbocycles. The van der Waals surface area contributed by atoms with E-state index in [9.17, 15) is 0 Å². The van der Waals surface area contributed by atoms with Gasteiger partial charge in [0.1, 0.15) is 0 Å². The number of rotatable bonds is 1. The third kappa shape index (κ3) is 1.86. The van der Waals surface area contributed by atoms with E-state index in [-0.39, 0.29) is 0 Å². The van der Waals surface area contributed by atoms with Crippen molar-refractivity contribution in [1.82, 2.24) is 4.57 Å². The third-order valence-corrected chi connectivity index (χ3v) is 3.63. The maximum absolute atomic E-state index is 3.46. The molecule has 0 saturated carbocycles. The van der Waals surface area contributed by atoms with Crippen LogP contribution < -0.4 is 0 Å². The van der Waals surface area contributed by atoms with Crippen molar-refractivity contribution in [2.24, 2.45) is 0 Å². The van der Waals surface area contributed by atoms with Crippen molar-refractivity contribution in [3.63, 3.8) is 0 Å². The van der Waals surface area contributed by atoms with Crippen LogP contribution >= 0.6 is 31.9 Å². The molecule has 0 atom stereocenters. The van der Waals surface area contributed by atoms with E-state index in [0.29, 0.717) is 0 Å². The lowest BCUT2D eigenvalue weighted by Gasteiger charge is -2.03. The lowest BCUT2D eigenvalue weighted by atomic mass is 10.3. The molecule has 1 radical (unpaired) electrons. The number of hydrogen-bond acceptors (Lipinski definition) is 0. The fourth-order valence-corrected chi connectivity index (χ4v) is 1.71. The Morgan fingerprint density at radius 2 is 2.00 bits per heavy atom. The van der Waals surface area contributed by atoms with Crippen molar-refractivity contribution in [1.29, 1.82) is 0 Å². The highest BCUT2D eigenvalue weighted by atomic mass is 79.9. The summed E-state index contributed by atoms with van der Waals surface area (Å²) in [7, 11) is 0. The van der Waals surface area contributed by atoms with Gasteiger partial charge in [-0.2, -0.15) is 0 Å². The lowest BCUT2D eigenvalue weighted by Crippen LogP contribution is -1.88. The summed E-state index contributed by atoms with van der Waals surface area (Å²) in [5.74, 6) is 0. The van der Waals surface area contributed by atoms with E-state index in [1.54, 1.807) is 0 Å². The van der Waals surface area contributed by atoms with E-state index < -0.39 is 0 Å². The first-order valence-electron chi connectivity index (χ1n) is 3.77. The van der Waals surface area contributed by atoms with Gasteiger partial charge in [0.25, 0.3) is 0 Å². The summed E-state index contributed by atoms with van der Waals surface area (Å²) in [6.07, 6.45) is 3.87. The molecular formula is C10H6Br2N. The fraction of sp³-hybridized carbons (Fsp3) is 0. The lowest BCUT2D eigenvalue weighted by molar-refractivity contribution is 1.08. The Morgan fingerprint density at radius 3 is 2.62 bits per heavy atom. The first-order valence-corrected chi connectivity index (χ1v) is 5.35. The largest absolute Gasteiger partial charge is 0.323 e. The minimum atomic E-state index is 1.05. The summed E-state index contributed by atoms with van der Waals surface area (Å²) < 4.78 is 4.13. The van der Waals surface area contributed by atoms with Gasteiger partial charge in [0, 0.05) is 33.1 Å². The molecule has 13 heavy (non-hydrogen) atoms. The van der Waals surface area contributed by atoms with E-state index in [4.69, 9.17) is 0 Å². The van der Waals surface area contributed by atoms with Crippen LogP contribution in [0.3, 0.4) is 0 Å².